The fourth-order valence-corrected chi connectivity index (χ4v) is 3.93. The molecule has 0 bridgehead atoms. The molecule has 4 rings (SSSR count). The standard InChI is InChI=1S/C23H22N2O2/c1-25-16-19(15-20(25)17-9-4-2-5-10-17)23(14-8-13-21(23)26)24-22(27)18-11-6-3-7-12-18/h2-7,9-12,15-16H,8,13-14H2,1H3,(H,24,27). The van der Waals surface area contributed by atoms with Crippen LogP contribution in [0.2, 0.25) is 0 Å². The Morgan fingerprint density at radius 3 is 2.33 bits per heavy atom. The Balaban J connectivity index is 1.73. The zero-order valence-electron chi connectivity index (χ0n) is 15.3. The number of carbonyl (C=O) groups excluding carboxylic acids is 2. The Bertz CT molecular complexity index is 976. The zero-order chi connectivity index (χ0) is 18.9. The minimum Gasteiger partial charge on any atom is -0.350 e. The highest BCUT2D eigenvalue weighted by molar-refractivity contribution is 6.01. The maximum atomic E-state index is 12.9. The molecule has 3 aromatic rings. The molecule has 136 valence electrons. The summed E-state index contributed by atoms with van der Waals surface area (Å²) in [6.07, 6.45) is 3.87. The predicted molar refractivity (Wildman–Crippen MR) is 105 cm³/mol. The van der Waals surface area contributed by atoms with Crippen molar-refractivity contribution in [3.63, 3.8) is 0 Å². The molecule has 1 atom stereocenters. The van der Waals surface area contributed by atoms with Crippen LogP contribution in [-0.4, -0.2) is 16.3 Å². The molecule has 1 amide bonds. The number of ketones is 1. The first-order valence-corrected chi connectivity index (χ1v) is 9.23. The lowest BCUT2D eigenvalue weighted by atomic mass is 9.88. The number of nitrogens with zero attached hydrogens (tertiary/aromatic N) is 1. The number of amides is 1. The maximum Gasteiger partial charge on any atom is 0.252 e. The van der Waals surface area contributed by atoms with Crippen LogP contribution in [0.25, 0.3) is 11.3 Å². The van der Waals surface area contributed by atoms with Gasteiger partial charge in [0.2, 0.25) is 0 Å². The van der Waals surface area contributed by atoms with Crippen LogP contribution in [0.4, 0.5) is 0 Å². The number of aryl methyl sites for hydroxylation is 1. The minimum atomic E-state index is -0.947. The number of hydrogen-bond acceptors (Lipinski definition) is 2. The van der Waals surface area contributed by atoms with Crippen LogP contribution in [0.5, 0.6) is 0 Å². The van der Waals surface area contributed by atoms with Gasteiger partial charge in [-0.3, -0.25) is 9.59 Å². The van der Waals surface area contributed by atoms with E-state index in [1.165, 1.54) is 0 Å². The summed E-state index contributed by atoms with van der Waals surface area (Å²) in [7, 11) is 1.97. The van der Waals surface area contributed by atoms with E-state index >= 15 is 0 Å². The van der Waals surface area contributed by atoms with Gasteiger partial charge in [-0.25, -0.2) is 0 Å². The van der Waals surface area contributed by atoms with E-state index in [0.717, 1.165) is 23.2 Å². The van der Waals surface area contributed by atoms with Crippen molar-refractivity contribution in [3.05, 3.63) is 84.1 Å². The highest BCUT2D eigenvalue weighted by Gasteiger charge is 2.45. The number of benzene rings is 2. The van der Waals surface area contributed by atoms with Gasteiger partial charge < -0.3 is 9.88 Å². The van der Waals surface area contributed by atoms with E-state index in [2.05, 4.69) is 5.32 Å². The Hall–Kier alpha value is -3.14. The summed E-state index contributed by atoms with van der Waals surface area (Å²) in [6, 6.07) is 21.2. The lowest BCUT2D eigenvalue weighted by Crippen LogP contribution is -2.48. The van der Waals surface area contributed by atoms with E-state index in [1.807, 2.05) is 72.4 Å². The molecule has 4 heteroatoms. The van der Waals surface area contributed by atoms with Gasteiger partial charge in [0.1, 0.15) is 5.54 Å². The minimum absolute atomic E-state index is 0.0805. The van der Waals surface area contributed by atoms with Crippen LogP contribution >= 0.6 is 0 Å². The zero-order valence-corrected chi connectivity index (χ0v) is 15.3. The number of aromatic nitrogens is 1. The van der Waals surface area contributed by atoms with Gasteiger partial charge in [-0.2, -0.15) is 0 Å². The first kappa shape index (κ1) is 17.3. The Morgan fingerprint density at radius 2 is 1.70 bits per heavy atom. The van der Waals surface area contributed by atoms with Crippen molar-refractivity contribution >= 4 is 11.7 Å². The van der Waals surface area contributed by atoms with Crippen molar-refractivity contribution in [1.29, 1.82) is 0 Å². The topological polar surface area (TPSA) is 51.1 Å². The highest BCUT2D eigenvalue weighted by Crippen LogP contribution is 2.38. The molecule has 0 aliphatic heterocycles. The number of carbonyl (C=O) groups is 2. The van der Waals surface area contributed by atoms with Crippen LogP contribution in [0, 0.1) is 0 Å². The molecular weight excluding hydrogens is 336 g/mol. The fraction of sp³-hybridized carbons (Fsp3) is 0.217. The quantitative estimate of drug-likeness (QED) is 0.764. The van der Waals surface area contributed by atoms with E-state index in [9.17, 15) is 9.59 Å². The molecule has 1 heterocycles. The van der Waals surface area contributed by atoms with Crippen LogP contribution < -0.4 is 5.32 Å². The molecule has 2 aromatic carbocycles. The molecule has 4 nitrogen and oxygen atoms in total. The molecule has 1 unspecified atom stereocenters. The molecule has 1 saturated carbocycles. The number of hydrogen-bond donors (Lipinski definition) is 1. The monoisotopic (exact) mass is 358 g/mol. The van der Waals surface area contributed by atoms with E-state index in [0.29, 0.717) is 18.4 Å². The second-order valence-electron chi connectivity index (χ2n) is 7.09. The lowest BCUT2D eigenvalue weighted by molar-refractivity contribution is -0.123. The first-order valence-electron chi connectivity index (χ1n) is 9.23. The first-order chi connectivity index (χ1) is 13.1. The van der Waals surface area contributed by atoms with E-state index in [1.54, 1.807) is 12.1 Å². The molecule has 1 N–H and O–H groups in total. The van der Waals surface area contributed by atoms with Gasteiger partial charge in [-0.1, -0.05) is 48.5 Å². The number of Topliss-reactive ketones (excluding diaryl/α,β-unsaturated/α-hetero) is 1. The van der Waals surface area contributed by atoms with Gasteiger partial charge in [0, 0.05) is 36.5 Å². The summed E-state index contributed by atoms with van der Waals surface area (Å²) < 4.78 is 2.02. The van der Waals surface area contributed by atoms with Crippen molar-refractivity contribution in [2.45, 2.75) is 24.8 Å². The summed E-state index contributed by atoms with van der Waals surface area (Å²) in [4.78, 5) is 25.7. The summed E-state index contributed by atoms with van der Waals surface area (Å²) in [6.45, 7) is 0. The summed E-state index contributed by atoms with van der Waals surface area (Å²) >= 11 is 0. The molecule has 1 aliphatic carbocycles. The molecule has 1 aliphatic rings. The van der Waals surface area contributed by atoms with Gasteiger partial charge in [0.25, 0.3) is 5.91 Å². The van der Waals surface area contributed by atoms with Crippen molar-refractivity contribution < 1.29 is 9.59 Å². The highest BCUT2D eigenvalue weighted by atomic mass is 16.2. The van der Waals surface area contributed by atoms with Gasteiger partial charge >= 0.3 is 0 Å². The molecule has 0 saturated heterocycles. The molecule has 27 heavy (non-hydrogen) atoms. The van der Waals surface area contributed by atoms with Crippen LogP contribution in [0.3, 0.4) is 0 Å². The predicted octanol–water partition coefficient (Wildman–Crippen LogP) is 4.07. The molecular formula is C23H22N2O2. The second kappa shape index (κ2) is 6.88. The molecule has 0 spiro atoms. The summed E-state index contributed by atoms with van der Waals surface area (Å²) in [5.74, 6) is -0.132. The Morgan fingerprint density at radius 1 is 1.04 bits per heavy atom. The summed E-state index contributed by atoms with van der Waals surface area (Å²) in [5, 5.41) is 3.06. The fourth-order valence-electron chi connectivity index (χ4n) is 3.93. The number of rotatable bonds is 4. The molecule has 1 aromatic heterocycles. The van der Waals surface area contributed by atoms with Crippen LogP contribution in [0.1, 0.15) is 35.2 Å². The smallest absolute Gasteiger partial charge is 0.252 e. The largest absolute Gasteiger partial charge is 0.350 e. The van der Waals surface area contributed by atoms with Gasteiger partial charge in [-0.15, -0.1) is 0 Å². The van der Waals surface area contributed by atoms with Crippen LogP contribution in [0.15, 0.2) is 72.9 Å². The molecule has 0 radical (unpaired) electrons. The normalized spacial score (nSPS) is 19.2. The van der Waals surface area contributed by atoms with E-state index in [4.69, 9.17) is 0 Å². The van der Waals surface area contributed by atoms with Crippen molar-refractivity contribution in [1.82, 2.24) is 9.88 Å². The van der Waals surface area contributed by atoms with Crippen molar-refractivity contribution in [2.24, 2.45) is 7.05 Å². The van der Waals surface area contributed by atoms with Crippen LogP contribution in [-0.2, 0) is 17.4 Å². The number of nitrogens with one attached hydrogen (secondary N) is 1. The average molecular weight is 358 g/mol. The third kappa shape index (κ3) is 3.08. The van der Waals surface area contributed by atoms with Gasteiger partial charge in [-0.05, 0) is 36.6 Å². The third-order valence-electron chi connectivity index (χ3n) is 5.36. The lowest BCUT2D eigenvalue weighted by Gasteiger charge is -2.28. The average Bonchev–Trinajstić information content (AvgIpc) is 3.27. The second-order valence-corrected chi connectivity index (χ2v) is 7.09. The third-order valence-corrected chi connectivity index (χ3v) is 5.36. The van der Waals surface area contributed by atoms with Crippen molar-refractivity contribution in [3.8, 4) is 11.3 Å². The van der Waals surface area contributed by atoms with E-state index in [-0.39, 0.29) is 11.7 Å². The van der Waals surface area contributed by atoms with Crippen molar-refractivity contribution in [2.75, 3.05) is 0 Å². The Labute approximate surface area is 158 Å². The maximum absolute atomic E-state index is 12.9. The van der Waals surface area contributed by atoms with Gasteiger partial charge in [0.15, 0.2) is 5.78 Å². The molecule has 1 fully saturated rings. The van der Waals surface area contributed by atoms with E-state index < -0.39 is 5.54 Å². The van der Waals surface area contributed by atoms with Gasteiger partial charge in [0.05, 0.1) is 0 Å². The SMILES string of the molecule is Cn1cc(C2(NC(=O)c3ccccc3)CCCC2=O)cc1-c1ccccc1. The summed E-state index contributed by atoms with van der Waals surface area (Å²) in [5.41, 5.74) is 2.59. The Kier molecular flexibility index (Phi) is 4.40.